The molecule has 7 heteroatoms. The van der Waals surface area contributed by atoms with Crippen molar-refractivity contribution in [3.63, 3.8) is 0 Å². The molecule has 202 valence electrons. The van der Waals surface area contributed by atoms with Crippen LogP contribution in [0.3, 0.4) is 0 Å². The Morgan fingerprint density at radius 3 is 2.79 bits per heavy atom. The third-order valence-corrected chi connectivity index (χ3v) is 8.78. The summed E-state index contributed by atoms with van der Waals surface area (Å²) in [6, 6.07) is 11.9. The Kier molecular flexibility index (Phi) is 7.71. The van der Waals surface area contributed by atoms with Gasteiger partial charge in [-0.05, 0) is 79.5 Å². The van der Waals surface area contributed by atoms with E-state index >= 15 is 0 Å². The molecule has 2 aromatic rings. The lowest BCUT2D eigenvalue weighted by Crippen LogP contribution is -2.46. The summed E-state index contributed by atoms with van der Waals surface area (Å²) >= 11 is 6.36. The molecule has 3 atom stereocenters. The zero-order valence-electron chi connectivity index (χ0n) is 22.3. The number of benzene rings is 2. The first kappa shape index (κ1) is 26.6. The zero-order valence-corrected chi connectivity index (χ0v) is 23.0. The number of carbonyl (C=O) groups excluding carboxylic acids is 1. The number of anilines is 1. The number of allylic oxidation sites excluding steroid dienone is 1. The summed E-state index contributed by atoms with van der Waals surface area (Å²) in [5, 5.41) is 11.0. The van der Waals surface area contributed by atoms with E-state index in [2.05, 4.69) is 23.1 Å². The number of ether oxygens (including phenoxy) is 1. The maximum Gasteiger partial charge on any atom is 0.311 e. The first-order chi connectivity index (χ1) is 18.3. The minimum absolute atomic E-state index is 0.168. The molecule has 0 aromatic heterocycles. The number of halogens is 1. The molecule has 0 saturated heterocycles. The number of likely N-dealkylation sites (N-methyl/N-ethyl adjacent to an activating group) is 1. The number of carbonyl (C=O) groups is 2. The standard InChI is InChI=1S/C31H37ClN2O4/c1-21-28(30(36)37)23-10-13-27-26(18-23)34(16-7-5-3-4-6-15-33(2)29(21)35)19-31(20-38-27)14-8-9-22-17-24(32)11-12-25(22)31/h4,6,10-13,17-18,21,28H,3,5,7-9,14-16,19-20H2,1-2H3,(H,36,37)/b6-4+/t21-,28?,31-/m0/s1. The van der Waals surface area contributed by atoms with Gasteiger partial charge in [0.1, 0.15) is 5.75 Å². The molecule has 2 aliphatic heterocycles. The van der Waals surface area contributed by atoms with Crippen LogP contribution < -0.4 is 9.64 Å². The van der Waals surface area contributed by atoms with Gasteiger partial charge in [0.2, 0.25) is 5.91 Å². The Balaban J connectivity index is 1.58. The second kappa shape index (κ2) is 11.0. The molecule has 1 spiro atoms. The van der Waals surface area contributed by atoms with E-state index in [0.29, 0.717) is 18.7 Å². The second-order valence-corrected chi connectivity index (χ2v) is 11.6. The van der Waals surface area contributed by atoms with Gasteiger partial charge in [-0.3, -0.25) is 9.59 Å². The van der Waals surface area contributed by atoms with Crippen molar-refractivity contribution in [2.24, 2.45) is 5.92 Å². The van der Waals surface area contributed by atoms with Gasteiger partial charge in [-0.15, -0.1) is 0 Å². The van der Waals surface area contributed by atoms with Gasteiger partial charge in [0.05, 0.1) is 24.1 Å². The summed E-state index contributed by atoms with van der Waals surface area (Å²) < 4.78 is 6.53. The lowest BCUT2D eigenvalue weighted by atomic mass is 9.70. The quantitative estimate of drug-likeness (QED) is 0.465. The fourth-order valence-corrected chi connectivity index (χ4v) is 6.70. The summed E-state index contributed by atoms with van der Waals surface area (Å²) in [6.07, 6.45) is 10.2. The van der Waals surface area contributed by atoms with Gasteiger partial charge in [0.15, 0.2) is 0 Å². The van der Waals surface area contributed by atoms with Crippen LogP contribution in [0.2, 0.25) is 5.02 Å². The van der Waals surface area contributed by atoms with Gasteiger partial charge in [0, 0.05) is 37.1 Å². The Labute approximate surface area is 230 Å². The Bertz CT molecular complexity index is 1240. The average Bonchev–Trinajstić information content (AvgIpc) is 3.04. The highest BCUT2D eigenvalue weighted by atomic mass is 35.5. The minimum Gasteiger partial charge on any atom is -0.490 e. The molecule has 5 rings (SSSR count). The molecule has 2 heterocycles. The molecule has 2 aromatic carbocycles. The molecule has 3 aliphatic rings. The molecule has 6 nitrogen and oxygen atoms in total. The summed E-state index contributed by atoms with van der Waals surface area (Å²) in [5.74, 6) is -2.03. The molecule has 38 heavy (non-hydrogen) atoms. The number of rotatable bonds is 1. The number of hydrogen-bond donors (Lipinski definition) is 1. The van der Waals surface area contributed by atoms with Gasteiger partial charge in [-0.25, -0.2) is 0 Å². The van der Waals surface area contributed by atoms with Crippen LogP contribution >= 0.6 is 11.6 Å². The van der Waals surface area contributed by atoms with Crippen molar-refractivity contribution in [3.05, 3.63) is 70.3 Å². The van der Waals surface area contributed by atoms with E-state index in [4.69, 9.17) is 16.3 Å². The van der Waals surface area contributed by atoms with Crippen LogP contribution in [-0.2, 0) is 21.4 Å². The number of aliphatic carboxylic acids is 1. The molecule has 2 bridgehead atoms. The van der Waals surface area contributed by atoms with E-state index in [1.165, 1.54) is 11.1 Å². The molecule has 1 N–H and O–H groups in total. The largest absolute Gasteiger partial charge is 0.490 e. The monoisotopic (exact) mass is 536 g/mol. The maximum absolute atomic E-state index is 13.2. The maximum atomic E-state index is 13.2. The first-order valence-electron chi connectivity index (χ1n) is 13.7. The molecule has 1 unspecified atom stereocenters. The van der Waals surface area contributed by atoms with Crippen molar-refractivity contribution in [1.82, 2.24) is 4.90 Å². The molecule has 1 amide bonds. The van der Waals surface area contributed by atoms with Crippen LogP contribution in [0, 0.1) is 5.92 Å². The highest BCUT2D eigenvalue weighted by Crippen LogP contribution is 2.45. The van der Waals surface area contributed by atoms with Gasteiger partial charge in [0.25, 0.3) is 0 Å². The summed E-state index contributed by atoms with van der Waals surface area (Å²) in [7, 11) is 1.74. The zero-order chi connectivity index (χ0) is 26.9. The van der Waals surface area contributed by atoms with Crippen molar-refractivity contribution < 1.29 is 19.4 Å². The number of nitrogens with zero attached hydrogens (tertiary/aromatic N) is 2. The SMILES string of the molecule is C[C@@H]1C(=O)N(C)C/C=C/CCCCN2C[C@@]3(CCCc4cc(Cl)ccc43)COc3ccc(cc32)C1C(=O)O. The Hall–Kier alpha value is -2.99. The average molecular weight is 537 g/mol. The molecule has 0 fully saturated rings. The van der Waals surface area contributed by atoms with Crippen molar-refractivity contribution in [2.45, 2.75) is 56.8 Å². The van der Waals surface area contributed by atoms with Crippen LogP contribution in [-0.4, -0.2) is 55.2 Å². The van der Waals surface area contributed by atoms with E-state index in [0.717, 1.165) is 68.1 Å². The summed E-state index contributed by atoms with van der Waals surface area (Å²) in [6.45, 7) is 4.41. The van der Waals surface area contributed by atoms with Gasteiger partial charge in [-0.2, -0.15) is 0 Å². The second-order valence-electron chi connectivity index (χ2n) is 11.2. The number of carboxylic acids is 1. The number of amides is 1. The number of carboxylic acid groups (broad SMARTS) is 1. The highest BCUT2D eigenvalue weighted by Gasteiger charge is 2.42. The predicted octanol–water partition coefficient (Wildman–Crippen LogP) is 5.82. The van der Waals surface area contributed by atoms with Crippen LogP contribution in [0.15, 0.2) is 48.6 Å². The Morgan fingerprint density at radius 1 is 1.13 bits per heavy atom. The smallest absolute Gasteiger partial charge is 0.311 e. The Morgan fingerprint density at radius 2 is 1.97 bits per heavy atom. The predicted molar refractivity (Wildman–Crippen MR) is 150 cm³/mol. The van der Waals surface area contributed by atoms with E-state index < -0.39 is 17.8 Å². The van der Waals surface area contributed by atoms with Crippen molar-refractivity contribution >= 4 is 29.2 Å². The molecule has 0 radical (unpaired) electrons. The van der Waals surface area contributed by atoms with Crippen molar-refractivity contribution in [2.75, 3.05) is 38.2 Å². The number of fused-ring (bicyclic) bond motifs is 3. The third kappa shape index (κ3) is 5.15. The third-order valence-electron chi connectivity index (χ3n) is 8.55. The summed E-state index contributed by atoms with van der Waals surface area (Å²) in [5.41, 5.74) is 4.00. The topological polar surface area (TPSA) is 70.1 Å². The van der Waals surface area contributed by atoms with Crippen molar-refractivity contribution in [3.8, 4) is 5.75 Å². The van der Waals surface area contributed by atoms with Crippen LogP contribution in [0.5, 0.6) is 5.75 Å². The lowest BCUT2D eigenvalue weighted by Gasteiger charge is -2.41. The fourth-order valence-electron chi connectivity index (χ4n) is 6.50. The van der Waals surface area contributed by atoms with E-state index in [9.17, 15) is 14.7 Å². The van der Waals surface area contributed by atoms with Crippen LogP contribution in [0.4, 0.5) is 5.69 Å². The lowest BCUT2D eigenvalue weighted by molar-refractivity contribution is -0.145. The molecular formula is C31H37ClN2O4. The van der Waals surface area contributed by atoms with Gasteiger partial charge < -0.3 is 19.6 Å². The summed E-state index contributed by atoms with van der Waals surface area (Å²) in [4.78, 5) is 29.7. The van der Waals surface area contributed by atoms with E-state index in [-0.39, 0.29) is 11.3 Å². The number of hydrogen-bond acceptors (Lipinski definition) is 4. The van der Waals surface area contributed by atoms with Crippen LogP contribution in [0.1, 0.15) is 61.6 Å². The molecular weight excluding hydrogens is 500 g/mol. The first-order valence-corrected chi connectivity index (χ1v) is 14.1. The minimum atomic E-state index is -0.991. The number of aryl methyl sites for hydroxylation is 1. The fraction of sp³-hybridized carbons (Fsp3) is 0.484. The van der Waals surface area contributed by atoms with E-state index in [1.54, 1.807) is 18.9 Å². The molecule has 0 saturated carbocycles. The van der Waals surface area contributed by atoms with Gasteiger partial charge >= 0.3 is 5.97 Å². The van der Waals surface area contributed by atoms with Crippen LogP contribution in [0.25, 0.3) is 0 Å². The normalized spacial score (nSPS) is 27.0. The molecule has 1 aliphatic carbocycles. The highest BCUT2D eigenvalue weighted by molar-refractivity contribution is 6.30. The van der Waals surface area contributed by atoms with E-state index in [1.807, 2.05) is 30.3 Å². The van der Waals surface area contributed by atoms with Gasteiger partial charge in [-0.1, -0.05) is 42.8 Å². The van der Waals surface area contributed by atoms with Crippen molar-refractivity contribution in [1.29, 1.82) is 0 Å².